The minimum Gasteiger partial charge on any atom is -0.342 e. The molecule has 0 aromatic heterocycles. The van der Waals surface area contributed by atoms with Gasteiger partial charge in [-0.3, -0.25) is 0 Å². The van der Waals surface area contributed by atoms with Crippen LogP contribution in [0.25, 0.3) is 0 Å². The molecule has 0 bridgehead atoms. The van der Waals surface area contributed by atoms with E-state index < -0.39 is 15.8 Å². The molecule has 1 aromatic carbocycles. The largest absolute Gasteiger partial charge is 0.342 e. The van der Waals surface area contributed by atoms with Gasteiger partial charge in [0.1, 0.15) is 10.7 Å². The van der Waals surface area contributed by atoms with Crippen LogP contribution in [-0.4, -0.2) is 31.7 Å². The third kappa shape index (κ3) is 2.22. The summed E-state index contributed by atoms with van der Waals surface area (Å²) >= 11 is 0. The minimum atomic E-state index is -3.84. The van der Waals surface area contributed by atoms with E-state index in [1.807, 2.05) is 13.8 Å². The smallest absolute Gasteiger partial charge is 0.285 e. The molecule has 0 atom stereocenters. The number of halogens is 1. The molecule has 0 radical (unpaired) electrons. The first-order valence-electron chi connectivity index (χ1n) is 5.72. The van der Waals surface area contributed by atoms with E-state index in [9.17, 15) is 12.8 Å². The summed E-state index contributed by atoms with van der Waals surface area (Å²) in [4.78, 5) is 1.48. The van der Waals surface area contributed by atoms with E-state index >= 15 is 0 Å². The fourth-order valence-electron chi connectivity index (χ4n) is 1.94. The Labute approximate surface area is 112 Å². The molecule has 0 saturated carbocycles. The minimum absolute atomic E-state index is 0.00597. The second kappa shape index (κ2) is 4.67. The lowest BCUT2D eigenvalue weighted by molar-refractivity contribution is 0.388. The highest BCUT2D eigenvalue weighted by Gasteiger charge is 2.34. The van der Waals surface area contributed by atoms with Gasteiger partial charge in [0.15, 0.2) is 5.84 Å². The van der Waals surface area contributed by atoms with Crippen LogP contribution in [0.4, 0.5) is 4.39 Å². The summed E-state index contributed by atoms with van der Waals surface area (Å²) in [7, 11) is -3.84. The lowest BCUT2D eigenvalue weighted by Gasteiger charge is -2.26. The van der Waals surface area contributed by atoms with Gasteiger partial charge in [-0.05, 0) is 26.0 Å². The van der Waals surface area contributed by atoms with Crippen molar-refractivity contribution in [2.24, 2.45) is 4.40 Å². The average molecular weight is 280 g/mol. The summed E-state index contributed by atoms with van der Waals surface area (Å²) in [5.41, 5.74) is 0.00597. The van der Waals surface area contributed by atoms with Crippen LogP contribution < -0.4 is 0 Å². The fraction of sp³-hybridized carbons (Fsp3) is 0.308. The molecule has 1 aromatic rings. The van der Waals surface area contributed by atoms with Crippen molar-refractivity contribution < 1.29 is 12.8 Å². The number of rotatable bonds is 2. The lowest BCUT2D eigenvalue weighted by atomic mass is 10.1. The number of hydrogen-bond acceptors (Lipinski definition) is 3. The maximum atomic E-state index is 13.9. The van der Waals surface area contributed by atoms with Gasteiger partial charge in [-0.2, -0.15) is 8.42 Å². The maximum Gasteiger partial charge on any atom is 0.285 e. The van der Waals surface area contributed by atoms with E-state index in [1.54, 1.807) is 4.90 Å². The Bertz CT molecular complexity index is 687. The van der Waals surface area contributed by atoms with E-state index in [0.29, 0.717) is 0 Å². The molecule has 0 amide bonds. The van der Waals surface area contributed by atoms with Crippen LogP contribution in [0.2, 0.25) is 0 Å². The molecule has 0 aliphatic carbocycles. The highest BCUT2D eigenvalue weighted by molar-refractivity contribution is 7.90. The molecule has 0 spiro atoms. The zero-order valence-electron chi connectivity index (χ0n) is 10.6. The highest BCUT2D eigenvalue weighted by atomic mass is 32.2. The number of benzene rings is 1. The molecule has 1 aliphatic rings. The number of terminal acetylenes is 1. The van der Waals surface area contributed by atoms with Gasteiger partial charge in [0, 0.05) is 6.04 Å². The highest BCUT2D eigenvalue weighted by Crippen LogP contribution is 2.30. The molecule has 0 unspecified atom stereocenters. The van der Waals surface area contributed by atoms with Crippen molar-refractivity contribution in [2.45, 2.75) is 24.8 Å². The van der Waals surface area contributed by atoms with Crippen LogP contribution in [-0.2, 0) is 10.0 Å². The van der Waals surface area contributed by atoms with E-state index in [4.69, 9.17) is 6.42 Å². The number of sulfonamides is 1. The summed E-state index contributed by atoms with van der Waals surface area (Å²) in [5, 5.41) is 0. The zero-order valence-corrected chi connectivity index (χ0v) is 11.4. The van der Waals surface area contributed by atoms with Crippen molar-refractivity contribution in [3.63, 3.8) is 0 Å². The number of nitrogens with zero attached hydrogens (tertiary/aromatic N) is 2. The first-order valence-corrected chi connectivity index (χ1v) is 7.16. The summed E-state index contributed by atoms with van der Waals surface area (Å²) in [6.45, 7) is 3.84. The maximum absolute atomic E-state index is 13.9. The Morgan fingerprint density at radius 1 is 1.47 bits per heavy atom. The molecule has 1 heterocycles. The lowest BCUT2D eigenvalue weighted by Crippen LogP contribution is -2.37. The molecule has 1 aliphatic heterocycles. The van der Waals surface area contributed by atoms with Gasteiger partial charge in [0.05, 0.1) is 12.1 Å². The van der Waals surface area contributed by atoms with E-state index in [2.05, 4.69) is 10.3 Å². The van der Waals surface area contributed by atoms with Gasteiger partial charge >= 0.3 is 0 Å². The third-order valence-electron chi connectivity index (χ3n) is 2.84. The average Bonchev–Trinajstić information content (AvgIpc) is 2.59. The Balaban J connectivity index is 2.65. The molecular formula is C13H13FN2O2S. The van der Waals surface area contributed by atoms with E-state index in [-0.39, 0.29) is 28.9 Å². The summed E-state index contributed by atoms with van der Waals surface area (Å²) < 4.78 is 41.4. The van der Waals surface area contributed by atoms with Crippen molar-refractivity contribution >= 4 is 15.9 Å². The van der Waals surface area contributed by atoms with Crippen LogP contribution in [0.5, 0.6) is 0 Å². The SMILES string of the molecule is C#CCN(C1=NS(=O)(=O)c2cccc(F)c21)C(C)C. The van der Waals surface area contributed by atoms with Crippen molar-refractivity contribution in [2.75, 3.05) is 6.54 Å². The first kappa shape index (κ1) is 13.6. The Hall–Kier alpha value is -1.87. The molecule has 100 valence electrons. The van der Waals surface area contributed by atoms with Crippen molar-refractivity contribution in [3.8, 4) is 12.3 Å². The van der Waals surface area contributed by atoms with Crippen molar-refractivity contribution in [3.05, 3.63) is 29.6 Å². The standard InChI is InChI=1S/C13H13FN2O2S/c1-4-8-16(9(2)3)13-12-10(14)6-5-7-11(12)19(17,18)15-13/h1,5-7,9H,8H2,2-3H3. The number of fused-ring (bicyclic) bond motifs is 1. The van der Waals surface area contributed by atoms with Crippen LogP contribution in [0, 0.1) is 18.2 Å². The molecule has 2 rings (SSSR count). The fourth-order valence-corrected chi connectivity index (χ4v) is 3.16. The van der Waals surface area contributed by atoms with Crippen molar-refractivity contribution in [1.82, 2.24) is 4.90 Å². The van der Waals surface area contributed by atoms with E-state index in [0.717, 1.165) is 0 Å². The van der Waals surface area contributed by atoms with Crippen LogP contribution in [0.3, 0.4) is 0 Å². The van der Waals surface area contributed by atoms with Gasteiger partial charge in [-0.25, -0.2) is 4.39 Å². The predicted molar refractivity (Wildman–Crippen MR) is 70.8 cm³/mol. The molecule has 19 heavy (non-hydrogen) atoms. The van der Waals surface area contributed by atoms with Crippen LogP contribution >= 0.6 is 0 Å². The molecular weight excluding hydrogens is 267 g/mol. The number of amidine groups is 1. The predicted octanol–water partition coefficient (Wildman–Crippen LogP) is 1.62. The Morgan fingerprint density at radius 2 is 2.16 bits per heavy atom. The van der Waals surface area contributed by atoms with Gasteiger partial charge in [0.2, 0.25) is 0 Å². The van der Waals surface area contributed by atoms with Gasteiger partial charge in [-0.15, -0.1) is 10.8 Å². The molecule has 4 nitrogen and oxygen atoms in total. The molecule has 0 saturated heterocycles. The third-order valence-corrected chi connectivity index (χ3v) is 4.15. The monoisotopic (exact) mass is 280 g/mol. The molecule has 6 heteroatoms. The van der Waals surface area contributed by atoms with Crippen LogP contribution in [0.1, 0.15) is 19.4 Å². The summed E-state index contributed by atoms with van der Waals surface area (Å²) in [6, 6.07) is 3.82. The summed E-state index contributed by atoms with van der Waals surface area (Å²) in [5.74, 6) is 1.90. The quantitative estimate of drug-likeness (QED) is 0.773. The molecule has 0 N–H and O–H groups in total. The van der Waals surface area contributed by atoms with Crippen molar-refractivity contribution in [1.29, 1.82) is 0 Å². The second-order valence-corrected chi connectivity index (χ2v) is 6.00. The van der Waals surface area contributed by atoms with Gasteiger partial charge < -0.3 is 4.90 Å². The van der Waals surface area contributed by atoms with Gasteiger partial charge in [0.25, 0.3) is 10.0 Å². The number of hydrogen-bond donors (Lipinski definition) is 0. The first-order chi connectivity index (χ1) is 8.88. The zero-order chi connectivity index (χ0) is 14.2. The second-order valence-electron chi connectivity index (χ2n) is 4.43. The Morgan fingerprint density at radius 3 is 2.74 bits per heavy atom. The Kier molecular flexibility index (Phi) is 3.33. The normalized spacial score (nSPS) is 15.8. The van der Waals surface area contributed by atoms with Gasteiger partial charge in [-0.1, -0.05) is 12.0 Å². The molecule has 0 fully saturated rings. The van der Waals surface area contributed by atoms with Crippen LogP contribution in [0.15, 0.2) is 27.5 Å². The van der Waals surface area contributed by atoms with E-state index in [1.165, 1.54) is 18.2 Å². The summed E-state index contributed by atoms with van der Waals surface area (Å²) in [6.07, 6.45) is 5.27. The topological polar surface area (TPSA) is 49.7 Å².